The van der Waals surface area contributed by atoms with Crippen molar-refractivity contribution in [3.63, 3.8) is 0 Å². The Morgan fingerprint density at radius 1 is 1.07 bits per heavy atom. The zero-order valence-corrected chi connectivity index (χ0v) is 16.9. The summed E-state index contributed by atoms with van der Waals surface area (Å²) in [6.45, 7) is 6.74. The highest BCUT2D eigenvalue weighted by molar-refractivity contribution is 7.80. The van der Waals surface area contributed by atoms with Gasteiger partial charge in [-0.15, -0.1) is 0 Å². The fourth-order valence-corrected chi connectivity index (χ4v) is 3.19. The van der Waals surface area contributed by atoms with E-state index >= 15 is 0 Å². The van der Waals surface area contributed by atoms with Crippen molar-refractivity contribution in [2.75, 3.05) is 17.7 Å². The van der Waals surface area contributed by atoms with E-state index in [0.29, 0.717) is 11.7 Å². The third-order valence-corrected chi connectivity index (χ3v) is 4.57. The van der Waals surface area contributed by atoms with Crippen LogP contribution in [0.25, 0.3) is 0 Å². The molecule has 0 radical (unpaired) electrons. The maximum absolute atomic E-state index is 5.48. The van der Waals surface area contributed by atoms with E-state index in [1.54, 1.807) is 7.11 Å². The number of benzene rings is 2. The van der Waals surface area contributed by atoms with Gasteiger partial charge in [-0.25, -0.2) is 0 Å². The van der Waals surface area contributed by atoms with Gasteiger partial charge in [0.1, 0.15) is 5.75 Å². The molecular formula is C21H24N4OS. The van der Waals surface area contributed by atoms with Crippen molar-refractivity contribution in [1.82, 2.24) is 9.78 Å². The standard InChI is InChI=1S/C21H24N4OS/c1-14-7-5-9-18(11-14)22-21(27)23-20-15(2)24-25(16(20)3)13-17-8-6-10-19(12-17)26-4/h5-12H,13H2,1-4H3,(H2,22,23,27). The summed E-state index contributed by atoms with van der Waals surface area (Å²) in [5.41, 5.74) is 6.15. The van der Waals surface area contributed by atoms with Crippen LogP contribution in [0.4, 0.5) is 11.4 Å². The summed E-state index contributed by atoms with van der Waals surface area (Å²) in [6, 6.07) is 16.1. The van der Waals surface area contributed by atoms with Crippen molar-refractivity contribution < 1.29 is 4.74 Å². The molecule has 0 fully saturated rings. The highest BCUT2D eigenvalue weighted by atomic mass is 32.1. The van der Waals surface area contributed by atoms with Crippen molar-refractivity contribution in [3.05, 3.63) is 71.0 Å². The quantitative estimate of drug-likeness (QED) is 0.630. The summed E-state index contributed by atoms with van der Waals surface area (Å²) in [4.78, 5) is 0. The molecule has 0 saturated carbocycles. The van der Waals surface area contributed by atoms with Gasteiger partial charge >= 0.3 is 0 Å². The van der Waals surface area contributed by atoms with Gasteiger partial charge in [-0.2, -0.15) is 5.10 Å². The minimum Gasteiger partial charge on any atom is -0.497 e. The van der Waals surface area contributed by atoms with E-state index in [-0.39, 0.29) is 0 Å². The topological polar surface area (TPSA) is 51.1 Å². The molecule has 0 saturated heterocycles. The highest BCUT2D eigenvalue weighted by Crippen LogP contribution is 2.22. The van der Waals surface area contributed by atoms with E-state index in [9.17, 15) is 0 Å². The predicted octanol–water partition coefficient (Wildman–Crippen LogP) is 4.67. The van der Waals surface area contributed by atoms with Crippen molar-refractivity contribution in [1.29, 1.82) is 0 Å². The molecule has 5 nitrogen and oxygen atoms in total. The maximum atomic E-state index is 5.48. The number of nitrogens with one attached hydrogen (secondary N) is 2. The number of anilines is 2. The monoisotopic (exact) mass is 380 g/mol. The molecule has 27 heavy (non-hydrogen) atoms. The second kappa shape index (κ2) is 8.22. The lowest BCUT2D eigenvalue weighted by Crippen LogP contribution is -2.20. The molecule has 6 heteroatoms. The number of aromatic nitrogens is 2. The summed E-state index contributed by atoms with van der Waals surface area (Å²) >= 11 is 5.48. The molecule has 0 unspecified atom stereocenters. The summed E-state index contributed by atoms with van der Waals surface area (Å²) in [5, 5.41) is 11.7. The van der Waals surface area contributed by atoms with Gasteiger partial charge in [0.2, 0.25) is 0 Å². The Bertz CT molecular complexity index is 965. The molecule has 0 aliphatic rings. The minimum atomic E-state index is 0.549. The SMILES string of the molecule is COc1cccc(Cn2nc(C)c(NC(=S)Nc3cccc(C)c3)c2C)c1. The lowest BCUT2D eigenvalue weighted by Gasteiger charge is -2.12. The summed E-state index contributed by atoms with van der Waals surface area (Å²) in [5.74, 6) is 0.843. The molecule has 0 atom stereocenters. The van der Waals surface area contributed by atoms with Gasteiger partial charge in [0.25, 0.3) is 0 Å². The third-order valence-electron chi connectivity index (χ3n) is 4.36. The van der Waals surface area contributed by atoms with Gasteiger partial charge in [-0.3, -0.25) is 4.68 Å². The Balaban J connectivity index is 1.74. The van der Waals surface area contributed by atoms with Crippen LogP contribution in [0.3, 0.4) is 0 Å². The number of hydrogen-bond donors (Lipinski definition) is 2. The lowest BCUT2D eigenvalue weighted by atomic mass is 10.2. The number of nitrogens with zero attached hydrogens (tertiary/aromatic N) is 2. The number of thiocarbonyl (C=S) groups is 1. The van der Waals surface area contributed by atoms with Crippen LogP contribution in [0.2, 0.25) is 0 Å². The number of ether oxygens (including phenoxy) is 1. The van der Waals surface area contributed by atoms with Crippen molar-refractivity contribution in [2.24, 2.45) is 0 Å². The van der Waals surface area contributed by atoms with Gasteiger partial charge in [0, 0.05) is 5.69 Å². The number of rotatable bonds is 5. The normalized spacial score (nSPS) is 10.5. The van der Waals surface area contributed by atoms with E-state index < -0.39 is 0 Å². The minimum absolute atomic E-state index is 0.549. The van der Waals surface area contributed by atoms with Crippen LogP contribution in [0.5, 0.6) is 5.75 Å². The number of hydrogen-bond acceptors (Lipinski definition) is 3. The number of methoxy groups -OCH3 is 1. The molecule has 0 amide bonds. The zero-order valence-electron chi connectivity index (χ0n) is 16.0. The Morgan fingerprint density at radius 3 is 2.59 bits per heavy atom. The molecule has 2 aromatic carbocycles. The van der Waals surface area contributed by atoms with Crippen LogP contribution in [0.15, 0.2) is 48.5 Å². The first-order valence-corrected chi connectivity index (χ1v) is 9.18. The number of aryl methyl sites for hydroxylation is 2. The van der Waals surface area contributed by atoms with Crippen molar-refractivity contribution in [2.45, 2.75) is 27.3 Å². The first-order valence-electron chi connectivity index (χ1n) is 8.78. The fraction of sp³-hybridized carbons (Fsp3) is 0.238. The fourth-order valence-electron chi connectivity index (χ4n) is 2.97. The first-order chi connectivity index (χ1) is 13.0. The molecule has 1 aromatic heterocycles. The van der Waals surface area contributed by atoms with Crippen LogP contribution in [0, 0.1) is 20.8 Å². The van der Waals surface area contributed by atoms with Crippen LogP contribution in [-0.4, -0.2) is 22.0 Å². The van der Waals surface area contributed by atoms with Crippen LogP contribution >= 0.6 is 12.2 Å². The van der Waals surface area contributed by atoms with Crippen LogP contribution < -0.4 is 15.4 Å². The maximum Gasteiger partial charge on any atom is 0.175 e. The van der Waals surface area contributed by atoms with Gasteiger partial charge in [0.15, 0.2) is 5.11 Å². The van der Waals surface area contributed by atoms with E-state index in [4.69, 9.17) is 17.0 Å². The third kappa shape index (κ3) is 4.65. The lowest BCUT2D eigenvalue weighted by molar-refractivity contribution is 0.414. The molecule has 0 bridgehead atoms. The summed E-state index contributed by atoms with van der Waals surface area (Å²) in [6.07, 6.45) is 0. The van der Waals surface area contributed by atoms with Gasteiger partial charge in [0.05, 0.1) is 30.7 Å². The molecule has 0 aliphatic heterocycles. The van der Waals surface area contributed by atoms with E-state index in [1.807, 2.05) is 48.9 Å². The molecule has 0 spiro atoms. The second-order valence-corrected chi connectivity index (χ2v) is 6.91. The van der Waals surface area contributed by atoms with Gasteiger partial charge < -0.3 is 15.4 Å². The molecule has 1 heterocycles. The van der Waals surface area contributed by atoms with E-state index in [0.717, 1.165) is 34.1 Å². The smallest absolute Gasteiger partial charge is 0.175 e. The largest absolute Gasteiger partial charge is 0.497 e. The second-order valence-electron chi connectivity index (χ2n) is 6.50. The van der Waals surface area contributed by atoms with Gasteiger partial charge in [-0.1, -0.05) is 24.3 Å². The average molecular weight is 381 g/mol. The predicted molar refractivity (Wildman–Crippen MR) is 115 cm³/mol. The first kappa shape index (κ1) is 18.9. The Kier molecular flexibility index (Phi) is 5.76. The molecule has 3 rings (SSSR count). The van der Waals surface area contributed by atoms with Crippen molar-refractivity contribution in [3.8, 4) is 5.75 Å². The molecule has 0 aliphatic carbocycles. The molecule has 3 aromatic rings. The molecule has 2 N–H and O–H groups in total. The summed E-state index contributed by atoms with van der Waals surface area (Å²) in [7, 11) is 1.67. The average Bonchev–Trinajstić information content (AvgIpc) is 2.89. The van der Waals surface area contributed by atoms with Crippen molar-refractivity contribution >= 4 is 28.7 Å². The Morgan fingerprint density at radius 2 is 1.85 bits per heavy atom. The molecular weight excluding hydrogens is 356 g/mol. The molecule has 140 valence electrons. The Hall–Kier alpha value is -2.86. The van der Waals surface area contributed by atoms with E-state index in [1.165, 1.54) is 5.56 Å². The zero-order chi connectivity index (χ0) is 19.4. The van der Waals surface area contributed by atoms with Gasteiger partial charge in [-0.05, 0) is 68.4 Å². The van der Waals surface area contributed by atoms with E-state index in [2.05, 4.69) is 40.9 Å². The highest BCUT2D eigenvalue weighted by Gasteiger charge is 2.13. The Labute approximate surface area is 165 Å². The summed E-state index contributed by atoms with van der Waals surface area (Å²) < 4.78 is 7.28. The van der Waals surface area contributed by atoms with Crippen LogP contribution in [0.1, 0.15) is 22.5 Å². The van der Waals surface area contributed by atoms with Crippen LogP contribution in [-0.2, 0) is 6.54 Å².